The lowest BCUT2D eigenvalue weighted by Crippen LogP contribution is -3.00. The van der Waals surface area contributed by atoms with Gasteiger partial charge in [0, 0.05) is 16.7 Å². The summed E-state index contributed by atoms with van der Waals surface area (Å²) >= 11 is 5.80. The molecule has 0 radical (unpaired) electrons. The van der Waals surface area contributed by atoms with Crippen molar-refractivity contribution in [1.82, 2.24) is 0 Å². The van der Waals surface area contributed by atoms with E-state index in [1.165, 1.54) is 0 Å². The fraction of sp³-hybridized carbons (Fsp3) is 0.0769. The molecule has 1 heterocycles. The van der Waals surface area contributed by atoms with Gasteiger partial charge >= 0.3 is 5.97 Å². The molecule has 0 spiro atoms. The maximum Gasteiger partial charge on any atom is 0.341 e. The Hall–Kier alpha value is -1.58. The van der Waals surface area contributed by atoms with Gasteiger partial charge in [-0.25, -0.2) is 4.79 Å². The van der Waals surface area contributed by atoms with Gasteiger partial charge in [0.15, 0.2) is 18.9 Å². The van der Waals surface area contributed by atoms with Crippen LogP contribution in [0.4, 0.5) is 0 Å². The highest BCUT2D eigenvalue weighted by Crippen LogP contribution is 2.09. The van der Waals surface area contributed by atoms with Crippen LogP contribution < -0.4 is 17.0 Å². The number of carboxylic acid groups (broad SMARTS) is 1. The Labute approximate surface area is 116 Å². The Morgan fingerprint density at radius 1 is 1.22 bits per heavy atom. The molecular weight excluding hydrogens is 273 g/mol. The molecule has 0 saturated carbocycles. The van der Waals surface area contributed by atoms with E-state index in [1.807, 2.05) is 35.0 Å². The van der Waals surface area contributed by atoms with Gasteiger partial charge in [-0.1, -0.05) is 23.7 Å². The Balaban J connectivity index is 0.00000162. The standard InChI is InChI=1S/C13H10ClNO2.ClH/c14-12-5-3-10(4-6-12)8-15-7-1-2-11(9-15)13(16)17;/h1-7,9H,8H2;1H. The topological polar surface area (TPSA) is 41.2 Å². The molecule has 0 bridgehead atoms. The third kappa shape index (κ3) is 3.72. The molecule has 1 aromatic heterocycles. The predicted octanol–water partition coefficient (Wildman–Crippen LogP) is -0.622. The summed E-state index contributed by atoms with van der Waals surface area (Å²) < 4.78 is 1.83. The molecule has 0 aliphatic carbocycles. The molecule has 0 aliphatic heterocycles. The van der Waals surface area contributed by atoms with E-state index < -0.39 is 5.97 Å². The number of benzene rings is 1. The van der Waals surface area contributed by atoms with Crippen molar-refractivity contribution < 1.29 is 26.9 Å². The molecule has 0 fully saturated rings. The minimum atomic E-state index is -0.921. The van der Waals surface area contributed by atoms with Crippen LogP contribution in [-0.2, 0) is 6.54 Å². The third-order valence-electron chi connectivity index (χ3n) is 2.38. The van der Waals surface area contributed by atoms with Gasteiger partial charge in [-0.2, -0.15) is 4.57 Å². The van der Waals surface area contributed by atoms with E-state index in [0.717, 1.165) is 5.56 Å². The number of hydrogen-bond acceptors (Lipinski definition) is 1. The van der Waals surface area contributed by atoms with Crippen molar-refractivity contribution >= 4 is 17.6 Å². The van der Waals surface area contributed by atoms with Gasteiger partial charge in [-0.15, -0.1) is 0 Å². The minimum absolute atomic E-state index is 0. The van der Waals surface area contributed by atoms with Gasteiger partial charge in [-0.05, 0) is 18.2 Å². The van der Waals surface area contributed by atoms with Crippen molar-refractivity contribution in [2.24, 2.45) is 0 Å². The van der Waals surface area contributed by atoms with Gasteiger partial charge in [0.25, 0.3) is 0 Å². The minimum Gasteiger partial charge on any atom is -1.00 e. The second-order valence-electron chi connectivity index (χ2n) is 3.70. The van der Waals surface area contributed by atoms with E-state index >= 15 is 0 Å². The van der Waals surface area contributed by atoms with Gasteiger partial charge in [0.05, 0.1) is 0 Å². The molecule has 0 aliphatic rings. The number of aromatic carboxylic acids is 1. The molecule has 3 nitrogen and oxygen atoms in total. The Morgan fingerprint density at radius 3 is 2.50 bits per heavy atom. The molecule has 5 heteroatoms. The van der Waals surface area contributed by atoms with E-state index in [9.17, 15) is 4.79 Å². The van der Waals surface area contributed by atoms with Crippen LogP contribution in [0.1, 0.15) is 15.9 Å². The maximum absolute atomic E-state index is 10.8. The summed E-state index contributed by atoms with van der Waals surface area (Å²) in [5, 5.41) is 9.57. The predicted molar refractivity (Wildman–Crippen MR) is 64.2 cm³/mol. The van der Waals surface area contributed by atoms with Crippen LogP contribution in [0.2, 0.25) is 5.02 Å². The Morgan fingerprint density at radius 2 is 1.89 bits per heavy atom. The van der Waals surface area contributed by atoms with Crippen LogP contribution in [0.15, 0.2) is 48.8 Å². The quantitative estimate of drug-likeness (QED) is 0.763. The monoisotopic (exact) mass is 283 g/mol. The fourth-order valence-electron chi connectivity index (χ4n) is 1.55. The molecule has 2 rings (SSSR count). The summed E-state index contributed by atoms with van der Waals surface area (Å²) in [5.74, 6) is -0.921. The van der Waals surface area contributed by atoms with Crippen LogP contribution in [0.5, 0.6) is 0 Å². The van der Waals surface area contributed by atoms with Crippen molar-refractivity contribution in [2.45, 2.75) is 6.54 Å². The highest BCUT2D eigenvalue weighted by molar-refractivity contribution is 6.30. The molecule has 0 saturated heterocycles. The van der Waals surface area contributed by atoms with Crippen molar-refractivity contribution in [3.8, 4) is 0 Å². The number of aromatic nitrogens is 1. The van der Waals surface area contributed by atoms with Gasteiger partial charge in [0.2, 0.25) is 0 Å². The summed E-state index contributed by atoms with van der Waals surface area (Å²) in [6.45, 7) is 0.623. The molecule has 2 aromatic rings. The molecule has 0 atom stereocenters. The Bertz CT molecular complexity index is 541. The van der Waals surface area contributed by atoms with E-state index in [-0.39, 0.29) is 18.0 Å². The van der Waals surface area contributed by atoms with Gasteiger partial charge in [0.1, 0.15) is 5.56 Å². The van der Waals surface area contributed by atoms with Crippen molar-refractivity contribution in [1.29, 1.82) is 0 Å². The molecular formula is C13H11Cl2NO2. The van der Waals surface area contributed by atoms with Crippen molar-refractivity contribution in [3.05, 3.63) is 64.9 Å². The summed E-state index contributed by atoms with van der Waals surface area (Å²) in [7, 11) is 0. The number of pyridine rings is 1. The van der Waals surface area contributed by atoms with Crippen LogP contribution in [0.3, 0.4) is 0 Å². The van der Waals surface area contributed by atoms with Crippen LogP contribution in [0.25, 0.3) is 0 Å². The van der Waals surface area contributed by atoms with Gasteiger partial charge in [-0.3, -0.25) is 0 Å². The summed E-state index contributed by atoms with van der Waals surface area (Å²) in [6.07, 6.45) is 3.44. The number of rotatable bonds is 3. The van der Waals surface area contributed by atoms with Crippen LogP contribution >= 0.6 is 11.6 Å². The lowest BCUT2D eigenvalue weighted by Gasteiger charge is -1.99. The highest BCUT2D eigenvalue weighted by atomic mass is 35.5. The summed E-state index contributed by atoms with van der Waals surface area (Å²) in [6, 6.07) is 10.8. The maximum atomic E-state index is 10.8. The fourth-order valence-corrected chi connectivity index (χ4v) is 1.67. The molecule has 1 N–H and O–H groups in total. The first kappa shape index (κ1) is 14.5. The lowest BCUT2D eigenvalue weighted by atomic mass is 10.2. The lowest BCUT2D eigenvalue weighted by molar-refractivity contribution is -0.688. The average Bonchev–Trinajstić information content (AvgIpc) is 2.32. The number of nitrogens with zero attached hydrogens (tertiary/aromatic N) is 1. The zero-order valence-corrected chi connectivity index (χ0v) is 10.9. The van der Waals surface area contributed by atoms with Crippen molar-refractivity contribution in [2.75, 3.05) is 0 Å². The average molecular weight is 284 g/mol. The van der Waals surface area contributed by atoms with Crippen LogP contribution in [-0.4, -0.2) is 11.1 Å². The first-order chi connectivity index (χ1) is 8.15. The normalized spacial score (nSPS) is 9.61. The number of carboxylic acids is 1. The van der Waals surface area contributed by atoms with Crippen molar-refractivity contribution in [3.63, 3.8) is 0 Å². The SMILES string of the molecule is O=C(O)c1ccc[n+](Cc2ccc(Cl)cc2)c1.[Cl-]. The van der Waals surface area contributed by atoms with E-state index in [0.29, 0.717) is 11.6 Å². The highest BCUT2D eigenvalue weighted by Gasteiger charge is 2.09. The third-order valence-corrected chi connectivity index (χ3v) is 2.64. The van der Waals surface area contributed by atoms with E-state index in [4.69, 9.17) is 16.7 Å². The van der Waals surface area contributed by atoms with Gasteiger partial charge < -0.3 is 17.5 Å². The number of halogens is 2. The van der Waals surface area contributed by atoms with E-state index in [1.54, 1.807) is 18.3 Å². The Kier molecular flexibility index (Phi) is 5.13. The second kappa shape index (κ2) is 6.38. The van der Waals surface area contributed by atoms with Crippen LogP contribution in [0, 0.1) is 0 Å². The first-order valence-electron chi connectivity index (χ1n) is 5.12. The molecule has 0 amide bonds. The number of hydrogen-bond donors (Lipinski definition) is 1. The second-order valence-corrected chi connectivity index (χ2v) is 4.13. The smallest absolute Gasteiger partial charge is 0.341 e. The molecule has 1 aromatic carbocycles. The zero-order chi connectivity index (χ0) is 12.3. The van der Waals surface area contributed by atoms with E-state index in [2.05, 4.69) is 0 Å². The molecule has 18 heavy (non-hydrogen) atoms. The largest absolute Gasteiger partial charge is 1.00 e. The summed E-state index contributed by atoms with van der Waals surface area (Å²) in [4.78, 5) is 10.8. The first-order valence-corrected chi connectivity index (χ1v) is 5.50. The zero-order valence-electron chi connectivity index (χ0n) is 9.38. The number of carbonyl (C=O) groups is 1. The molecule has 0 unspecified atom stereocenters. The summed E-state index contributed by atoms with van der Waals surface area (Å²) in [5.41, 5.74) is 1.35. The molecule has 94 valence electrons.